The van der Waals surface area contributed by atoms with E-state index in [9.17, 15) is 18.8 Å². The van der Waals surface area contributed by atoms with Crippen molar-refractivity contribution in [2.75, 3.05) is 19.7 Å². The van der Waals surface area contributed by atoms with Gasteiger partial charge < -0.3 is 10.1 Å². The zero-order valence-electron chi connectivity index (χ0n) is 15.9. The lowest BCUT2D eigenvalue weighted by molar-refractivity contribution is -0.122. The van der Waals surface area contributed by atoms with E-state index in [1.807, 2.05) is 0 Å². The van der Waals surface area contributed by atoms with E-state index >= 15 is 0 Å². The van der Waals surface area contributed by atoms with E-state index in [2.05, 4.69) is 10.3 Å². The Labute approximate surface area is 181 Å². The lowest BCUT2D eigenvalue weighted by Crippen LogP contribution is -2.37. The van der Waals surface area contributed by atoms with Crippen LogP contribution >= 0.6 is 23.4 Å². The molecule has 156 valence electrons. The summed E-state index contributed by atoms with van der Waals surface area (Å²) >= 11 is 6.73. The maximum Gasteiger partial charge on any atom is 0.293 e. The Morgan fingerprint density at radius 3 is 2.80 bits per heavy atom. The molecule has 0 bridgehead atoms. The summed E-state index contributed by atoms with van der Waals surface area (Å²) in [4.78, 5) is 42.1. The lowest BCUT2D eigenvalue weighted by atomic mass is 10.2. The van der Waals surface area contributed by atoms with Crippen molar-refractivity contribution in [3.63, 3.8) is 0 Å². The van der Waals surface area contributed by atoms with Crippen LogP contribution in [0, 0.1) is 5.82 Å². The maximum atomic E-state index is 13.8. The third-order valence-corrected chi connectivity index (χ3v) is 5.23. The highest BCUT2D eigenvalue weighted by Crippen LogP contribution is 2.32. The van der Waals surface area contributed by atoms with Crippen LogP contribution in [0.5, 0.6) is 5.88 Å². The van der Waals surface area contributed by atoms with Crippen molar-refractivity contribution in [3.05, 3.63) is 63.4 Å². The third-order valence-electron chi connectivity index (χ3n) is 4.01. The first-order valence-electron chi connectivity index (χ1n) is 8.98. The van der Waals surface area contributed by atoms with Gasteiger partial charge in [-0.2, -0.15) is 0 Å². The number of carbonyl (C=O) groups excluding carboxylic acids is 3. The molecule has 0 saturated carbocycles. The van der Waals surface area contributed by atoms with Crippen molar-refractivity contribution in [3.8, 4) is 5.88 Å². The summed E-state index contributed by atoms with van der Waals surface area (Å²) in [6.45, 7) is 2.12. The number of pyridine rings is 1. The second kappa shape index (κ2) is 9.73. The molecule has 1 aromatic carbocycles. The van der Waals surface area contributed by atoms with Gasteiger partial charge in [0, 0.05) is 24.7 Å². The van der Waals surface area contributed by atoms with Crippen molar-refractivity contribution in [2.45, 2.75) is 6.92 Å². The van der Waals surface area contributed by atoms with E-state index in [0.29, 0.717) is 6.61 Å². The molecule has 0 unspecified atom stereocenters. The Kier molecular flexibility index (Phi) is 7.07. The number of amides is 3. The molecular weight excluding hydrogens is 433 g/mol. The Bertz CT molecular complexity index is 1030. The second-order valence-corrected chi connectivity index (χ2v) is 7.42. The van der Waals surface area contributed by atoms with Gasteiger partial charge >= 0.3 is 0 Å². The smallest absolute Gasteiger partial charge is 0.293 e. The normalized spacial score (nSPS) is 15.0. The highest BCUT2D eigenvalue weighted by Gasteiger charge is 2.34. The van der Waals surface area contributed by atoms with E-state index in [1.165, 1.54) is 30.3 Å². The van der Waals surface area contributed by atoms with Gasteiger partial charge in [-0.1, -0.05) is 29.8 Å². The molecule has 1 aliphatic rings. The number of halogens is 2. The highest BCUT2D eigenvalue weighted by molar-refractivity contribution is 8.18. The number of aromatic nitrogens is 1. The number of imide groups is 1. The van der Waals surface area contributed by atoms with Crippen LogP contribution in [0.2, 0.25) is 5.02 Å². The minimum absolute atomic E-state index is 0.000717. The summed E-state index contributed by atoms with van der Waals surface area (Å²) < 4.78 is 19.0. The fourth-order valence-electron chi connectivity index (χ4n) is 2.60. The van der Waals surface area contributed by atoms with E-state index in [1.54, 1.807) is 19.1 Å². The minimum atomic E-state index is -0.560. The fraction of sp³-hybridized carbons (Fsp3) is 0.200. The summed E-state index contributed by atoms with van der Waals surface area (Å²) in [5.41, 5.74) is 0.197. The van der Waals surface area contributed by atoms with Crippen LogP contribution < -0.4 is 10.1 Å². The Balaban J connectivity index is 1.62. The molecule has 1 fully saturated rings. The first-order valence-corrected chi connectivity index (χ1v) is 10.2. The molecule has 1 aliphatic heterocycles. The number of nitrogens with zero attached hydrogens (tertiary/aromatic N) is 2. The molecule has 0 spiro atoms. The number of ether oxygens (including phenoxy) is 1. The molecular formula is C20H17ClFN3O4S. The van der Waals surface area contributed by atoms with Crippen LogP contribution in [0.25, 0.3) is 6.08 Å². The molecule has 1 saturated heterocycles. The molecule has 3 amide bonds. The number of carbonyl (C=O) groups is 3. The summed E-state index contributed by atoms with van der Waals surface area (Å²) in [7, 11) is 0. The molecule has 0 radical (unpaired) electrons. The van der Waals surface area contributed by atoms with Crippen LogP contribution in [0.1, 0.15) is 23.0 Å². The average Bonchev–Trinajstić information content (AvgIpc) is 2.98. The SMILES string of the molecule is CCOc1ccc(Cl)c(C(=O)NCCN2C(=O)SC(=Cc3ccccc3F)C2=O)n1. The number of nitrogens with one attached hydrogen (secondary N) is 1. The van der Waals surface area contributed by atoms with Crippen LogP contribution in [0.3, 0.4) is 0 Å². The monoisotopic (exact) mass is 449 g/mol. The van der Waals surface area contributed by atoms with Crippen LogP contribution in [-0.4, -0.2) is 46.6 Å². The van der Waals surface area contributed by atoms with Gasteiger partial charge in [-0.15, -0.1) is 0 Å². The van der Waals surface area contributed by atoms with Gasteiger partial charge in [-0.05, 0) is 36.9 Å². The van der Waals surface area contributed by atoms with Crippen molar-refractivity contribution in [2.24, 2.45) is 0 Å². The van der Waals surface area contributed by atoms with Gasteiger partial charge in [0.1, 0.15) is 5.82 Å². The minimum Gasteiger partial charge on any atom is -0.478 e. The first kappa shape index (κ1) is 21.8. The highest BCUT2D eigenvalue weighted by atomic mass is 35.5. The van der Waals surface area contributed by atoms with Crippen molar-refractivity contribution < 1.29 is 23.5 Å². The van der Waals surface area contributed by atoms with E-state index in [0.717, 1.165) is 16.7 Å². The van der Waals surface area contributed by atoms with Gasteiger partial charge in [-0.25, -0.2) is 9.37 Å². The van der Waals surface area contributed by atoms with Gasteiger partial charge in [-0.3, -0.25) is 19.3 Å². The molecule has 2 aromatic rings. The third kappa shape index (κ3) is 4.98. The summed E-state index contributed by atoms with van der Waals surface area (Å²) in [5.74, 6) is -1.33. The van der Waals surface area contributed by atoms with Crippen molar-refractivity contribution >= 4 is 46.5 Å². The van der Waals surface area contributed by atoms with Crippen molar-refractivity contribution in [1.29, 1.82) is 0 Å². The molecule has 0 aliphatic carbocycles. The van der Waals surface area contributed by atoms with E-state index in [-0.39, 0.29) is 40.2 Å². The topological polar surface area (TPSA) is 88.6 Å². The van der Waals surface area contributed by atoms with Gasteiger partial charge in [0.05, 0.1) is 16.5 Å². The van der Waals surface area contributed by atoms with Crippen LogP contribution in [-0.2, 0) is 4.79 Å². The Morgan fingerprint density at radius 2 is 2.07 bits per heavy atom. The standard InChI is InChI=1S/C20H17ClFN3O4S/c1-2-29-16-8-7-13(21)17(24-16)18(26)23-9-10-25-19(27)15(30-20(25)28)11-12-5-3-4-6-14(12)22/h3-8,11H,2,9-10H2,1H3,(H,23,26). The predicted octanol–water partition coefficient (Wildman–Crippen LogP) is 3.74. The molecule has 1 aromatic heterocycles. The van der Waals surface area contributed by atoms with Gasteiger partial charge in [0.25, 0.3) is 17.1 Å². The summed E-state index contributed by atoms with van der Waals surface area (Å²) in [6, 6.07) is 8.99. The zero-order valence-corrected chi connectivity index (χ0v) is 17.4. The fourth-order valence-corrected chi connectivity index (χ4v) is 3.65. The molecule has 10 heteroatoms. The maximum absolute atomic E-state index is 13.8. The number of thioether (sulfide) groups is 1. The Morgan fingerprint density at radius 1 is 1.30 bits per heavy atom. The van der Waals surface area contributed by atoms with Gasteiger partial charge in [0.2, 0.25) is 5.88 Å². The molecule has 2 heterocycles. The number of benzene rings is 1. The van der Waals surface area contributed by atoms with Crippen molar-refractivity contribution in [1.82, 2.24) is 15.2 Å². The largest absolute Gasteiger partial charge is 0.478 e. The summed E-state index contributed by atoms with van der Waals surface area (Å²) in [6.07, 6.45) is 1.34. The predicted molar refractivity (Wildman–Crippen MR) is 112 cm³/mol. The molecule has 1 N–H and O–H groups in total. The molecule has 30 heavy (non-hydrogen) atoms. The average molecular weight is 450 g/mol. The van der Waals surface area contributed by atoms with Crippen LogP contribution in [0.15, 0.2) is 41.3 Å². The Hall–Kier alpha value is -2.91. The molecule has 7 nitrogen and oxygen atoms in total. The molecule has 3 rings (SSSR count). The quantitative estimate of drug-likeness (QED) is 0.648. The second-order valence-electron chi connectivity index (χ2n) is 6.02. The van der Waals surface area contributed by atoms with E-state index in [4.69, 9.17) is 16.3 Å². The number of hydrogen-bond donors (Lipinski definition) is 1. The van der Waals surface area contributed by atoms with Gasteiger partial charge in [0.15, 0.2) is 5.69 Å². The summed E-state index contributed by atoms with van der Waals surface area (Å²) in [5, 5.41) is 2.23. The number of hydrogen-bond acceptors (Lipinski definition) is 6. The first-order chi connectivity index (χ1) is 14.4. The number of rotatable bonds is 7. The van der Waals surface area contributed by atoms with E-state index < -0.39 is 22.9 Å². The lowest BCUT2D eigenvalue weighted by Gasteiger charge is -2.13. The zero-order chi connectivity index (χ0) is 21.7. The van der Waals surface area contributed by atoms with Crippen LogP contribution in [0.4, 0.5) is 9.18 Å². The molecule has 0 atom stereocenters.